The Balaban J connectivity index is 1.84. The van der Waals surface area contributed by atoms with E-state index in [1.54, 1.807) is 22.3 Å². The van der Waals surface area contributed by atoms with Crippen molar-refractivity contribution < 1.29 is 0 Å². The Morgan fingerprint density at radius 1 is 0.895 bits per heavy atom. The van der Waals surface area contributed by atoms with Crippen LogP contribution in [0.2, 0.25) is 0 Å². The van der Waals surface area contributed by atoms with E-state index in [1.165, 1.54) is 31.2 Å². The van der Waals surface area contributed by atoms with Gasteiger partial charge in [-0.15, -0.1) is 0 Å². The predicted molar refractivity (Wildman–Crippen MR) is 79.6 cm³/mol. The van der Waals surface area contributed by atoms with Gasteiger partial charge in [-0.1, -0.05) is 49.4 Å². The van der Waals surface area contributed by atoms with Crippen LogP contribution in [-0.4, -0.2) is 0 Å². The van der Waals surface area contributed by atoms with Crippen LogP contribution in [0.4, 0.5) is 0 Å². The van der Waals surface area contributed by atoms with Gasteiger partial charge in [-0.25, -0.2) is 0 Å². The summed E-state index contributed by atoms with van der Waals surface area (Å²) in [7, 11) is 0. The Morgan fingerprint density at radius 3 is 2.42 bits per heavy atom. The fourth-order valence-electron chi connectivity index (χ4n) is 4.10. The summed E-state index contributed by atoms with van der Waals surface area (Å²) in [4.78, 5) is 0. The van der Waals surface area contributed by atoms with Crippen LogP contribution in [0.5, 0.6) is 0 Å². The van der Waals surface area contributed by atoms with Gasteiger partial charge >= 0.3 is 0 Å². The molecular weight excluding hydrogens is 228 g/mol. The van der Waals surface area contributed by atoms with E-state index in [0.717, 1.165) is 5.92 Å². The highest BCUT2D eigenvalue weighted by molar-refractivity contribution is 5.49. The minimum Gasteiger partial charge on any atom is -0.0622 e. The zero-order valence-electron chi connectivity index (χ0n) is 11.5. The average molecular weight is 248 g/mol. The molecular formula is C19H20. The number of benzene rings is 2. The summed E-state index contributed by atoms with van der Waals surface area (Å²) in [5.41, 5.74) is 7.96. The maximum Gasteiger partial charge on any atom is 0.0121 e. The highest BCUT2D eigenvalue weighted by atomic mass is 14.4. The van der Waals surface area contributed by atoms with Crippen molar-refractivity contribution in [3.05, 3.63) is 70.3 Å². The average Bonchev–Trinajstić information content (AvgIpc) is 2.99. The number of hydrogen-bond donors (Lipinski definition) is 0. The van der Waals surface area contributed by atoms with E-state index < -0.39 is 0 Å². The van der Waals surface area contributed by atoms with Crippen molar-refractivity contribution in [1.82, 2.24) is 0 Å². The maximum absolute atomic E-state index is 2.53. The third-order valence-corrected chi connectivity index (χ3v) is 4.96. The summed E-state index contributed by atoms with van der Waals surface area (Å²) in [5, 5.41) is 0. The molecule has 2 aromatic carbocycles. The summed E-state index contributed by atoms with van der Waals surface area (Å²) in [6.07, 6.45) is 5.19. The van der Waals surface area contributed by atoms with Crippen molar-refractivity contribution in [2.75, 3.05) is 0 Å². The van der Waals surface area contributed by atoms with Gasteiger partial charge in [0, 0.05) is 5.92 Å². The normalized spacial score (nSPS) is 24.3. The van der Waals surface area contributed by atoms with E-state index in [9.17, 15) is 0 Å². The SMILES string of the molecule is CC1Cc2cc3c(cc2C1c1ccccc1)CCC3. The molecule has 2 atom stereocenters. The predicted octanol–water partition coefficient (Wildman–Crippen LogP) is 4.50. The molecule has 0 nitrogen and oxygen atoms in total. The van der Waals surface area contributed by atoms with Crippen LogP contribution in [-0.2, 0) is 19.3 Å². The molecule has 0 aromatic heterocycles. The molecule has 0 amide bonds. The van der Waals surface area contributed by atoms with Crippen LogP contribution in [0.25, 0.3) is 0 Å². The van der Waals surface area contributed by atoms with Crippen LogP contribution in [0.15, 0.2) is 42.5 Å². The van der Waals surface area contributed by atoms with Crippen molar-refractivity contribution in [1.29, 1.82) is 0 Å². The lowest BCUT2D eigenvalue weighted by Gasteiger charge is -2.18. The van der Waals surface area contributed by atoms with Gasteiger partial charge in [0.1, 0.15) is 0 Å². The van der Waals surface area contributed by atoms with Crippen molar-refractivity contribution in [3.63, 3.8) is 0 Å². The minimum atomic E-state index is 0.613. The quantitative estimate of drug-likeness (QED) is 0.697. The molecule has 2 aliphatic rings. The Kier molecular flexibility index (Phi) is 2.51. The second-order valence-electron chi connectivity index (χ2n) is 6.24. The van der Waals surface area contributed by atoms with E-state index >= 15 is 0 Å². The van der Waals surface area contributed by atoms with E-state index in [-0.39, 0.29) is 0 Å². The first-order valence-corrected chi connectivity index (χ1v) is 7.52. The topological polar surface area (TPSA) is 0 Å². The van der Waals surface area contributed by atoms with Gasteiger partial charge in [0.15, 0.2) is 0 Å². The first kappa shape index (κ1) is 11.3. The fourth-order valence-corrected chi connectivity index (χ4v) is 4.10. The van der Waals surface area contributed by atoms with Gasteiger partial charge in [-0.2, -0.15) is 0 Å². The lowest BCUT2D eigenvalue weighted by atomic mass is 9.86. The van der Waals surface area contributed by atoms with Gasteiger partial charge in [0.2, 0.25) is 0 Å². The van der Waals surface area contributed by atoms with E-state index in [0.29, 0.717) is 5.92 Å². The Hall–Kier alpha value is -1.56. The Labute approximate surface area is 115 Å². The van der Waals surface area contributed by atoms with Crippen molar-refractivity contribution in [2.45, 2.75) is 38.5 Å². The van der Waals surface area contributed by atoms with Gasteiger partial charge in [0.05, 0.1) is 0 Å². The smallest absolute Gasteiger partial charge is 0.0121 e. The molecule has 0 heterocycles. The summed E-state index contributed by atoms with van der Waals surface area (Å²) in [5.74, 6) is 1.35. The lowest BCUT2D eigenvalue weighted by molar-refractivity contribution is 0.557. The van der Waals surface area contributed by atoms with Crippen molar-refractivity contribution >= 4 is 0 Å². The summed E-state index contributed by atoms with van der Waals surface area (Å²) >= 11 is 0. The van der Waals surface area contributed by atoms with Crippen LogP contribution < -0.4 is 0 Å². The van der Waals surface area contributed by atoms with Gasteiger partial charge < -0.3 is 0 Å². The van der Waals surface area contributed by atoms with E-state index in [4.69, 9.17) is 0 Å². The molecule has 2 aromatic rings. The van der Waals surface area contributed by atoms with E-state index in [2.05, 4.69) is 49.4 Å². The highest BCUT2D eigenvalue weighted by Gasteiger charge is 2.31. The molecule has 2 aliphatic carbocycles. The monoisotopic (exact) mass is 248 g/mol. The molecule has 4 rings (SSSR count). The third-order valence-electron chi connectivity index (χ3n) is 4.96. The van der Waals surface area contributed by atoms with E-state index in [1.807, 2.05) is 0 Å². The first-order valence-electron chi connectivity index (χ1n) is 7.52. The Bertz CT molecular complexity index is 609. The van der Waals surface area contributed by atoms with Crippen LogP contribution in [0.1, 0.15) is 47.1 Å². The second-order valence-corrected chi connectivity index (χ2v) is 6.24. The molecule has 19 heavy (non-hydrogen) atoms. The first-order chi connectivity index (χ1) is 9.33. The highest BCUT2D eigenvalue weighted by Crippen LogP contribution is 2.44. The Morgan fingerprint density at radius 2 is 1.63 bits per heavy atom. The molecule has 96 valence electrons. The van der Waals surface area contributed by atoms with Crippen LogP contribution in [0.3, 0.4) is 0 Å². The molecule has 0 bridgehead atoms. The molecule has 0 saturated heterocycles. The molecule has 2 unspecified atom stereocenters. The fraction of sp³-hybridized carbons (Fsp3) is 0.368. The third kappa shape index (κ3) is 1.74. The number of aryl methyl sites for hydroxylation is 2. The number of fused-ring (bicyclic) bond motifs is 2. The summed E-state index contributed by atoms with van der Waals surface area (Å²) in [6, 6.07) is 16.1. The molecule has 0 radical (unpaired) electrons. The van der Waals surface area contributed by atoms with Crippen molar-refractivity contribution in [3.8, 4) is 0 Å². The molecule has 0 saturated carbocycles. The minimum absolute atomic E-state index is 0.613. The summed E-state index contributed by atoms with van der Waals surface area (Å²) < 4.78 is 0. The maximum atomic E-state index is 2.53. The van der Waals surface area contributed by atoms with Crippen molar-refractivity contribution in [2.24, 2.45) is 5.92 Å². The number of hydrogen-bond acceptors (Lipinski definition) is 0. The molecule has 0 heteroatoms. The zero-order chi connectivity index (χ0) is 12.8. The standard InChI is InChI=1S/C19H20/c1-13-10-17-11-15-8-5-9-16(15)12-18(17)19(13)14-6-3-2-4-7-14/h2-4,6-7,11-13,19H,5,8-10H2,1H3. The van der Waals surface area contributed by atoms with Crippen LogP contribution in [0, 0.1) is 5.92 Å². The van der Waals surface area contributed by atoms with Gasteiger partial charge in [-0.05, 0) is 59.4 Å². The molecule has 0 fully saturated rings. The molecule has 0 aliphatic heterocycles. The second kappa shape index (κ2) is 4.23. The molecule has 0 spiro atoms. The lowest BCUT2D eigenvalue weighted by Crippen LogP contribution is -2.05. The number of rotatable bonds is 1. The van der Waals surface area contributed by atoms with Crippen LogP contribution >= 0.6 is 0 Å². The van der Waals surface area contributed by atoms with Gasteiger partial charge in [-0.3, -0.25) is 0 Å². The summed E-state index contributed by atoms with van der Waals surface area (Å²) in [6.45, 7) is 2.41. The molecule has 0 N–H and O–H groups in total. The largest absolute Gasteiger partial charge is 0.0622 e. The van der Waals surface area contributed by atoms with Gasteiger partial charge in [0.25, 0.3) is 0 Å². The zero-order valence-corrected chi connectivity index (χ0v) is 11.5.